The summed E-state index contributed by atoms with van der Waals surface area (Å²) in [5.41, 5.74) is 0.135. The van der Waals surface area contributed by atoms with Crippen molar-refractivity contribution in [1.82, 2.24) is 0 Å². The van der Waals surface area contributed by atoms with Crippen LogP contribution < -0.4 is 0 Å². The van der Waals surface area contributed by atoms with Gasteiger partial charge < -0.3 is 0 Å². The summed E-state index contributed by atoms with van der Waals surface area (Å²) in [5.74, 6) is -0.805. The second-order valence-corrected chi connectivity index (χ2v) is 6.96. The Hall–Kier alpha value is -0.680. The largest absolute Gasteiger partial charge is 0.511 e. The van der Waals surface area contributed by atoms with E-state index in [2.05, 4.69) is 23.1 Å². The number of rotatable bonds is 15. The van der Waals surface area contributed by atoms with Crippen LogP contribution in [0.4, 0.5) is 0 Å². The van der Waals surface area contributed by atoms with Crippen LogP contribution in [0.1, 0.15) is 72.1 Å². The maximum absolute atomic E-state index is 12.2. The fourth-order valence-electron chi connectivity index (χ4n) is 1.80. The number of hydrogen-bond donors (Lipinski definition) is 0. The molecule has 23 heavy (non-hydrogen) atoms. The molecule has 0 bridgehead atoms. The van der Waals surface area contributed by atoms with Crippen LogP contribution in [0.15, 0.2) is 12.2 Å². The quantitative estimate of drug-likeness (QED) is 0.130. The number of phosphoric acid groups is 1. The summed E-state index contributed by atoms with van der Waals surface area (Å²) >= 11 is 0. The van der Waals surface area contributed by atoms with Crippen molar-refractivity contribution >= 4 is 13.8 Å². The van der Waals surface area contributed by atoms with Gasteiger partial charge in [0.05, 0.1) is 13.2 Å². The summed E-state index contributed by atoms with van der Waals surface area (Å²) in [6, 6.07) is 0. The third-order valence-corrected chi connectivity index (χ3v) is 4.42. The molecule has 0 aromatic carbocycles. The van der Waals surface area contributed by atoms with Gasteiger partial charge in [0, 0.05) is 5.57 Å². The molecular formula is C16H31O6P. The zero-order valence-corrected chi connectivity index (χ0v) is 15.6. The van der Waals surface area contributed by atoms with Crippen molar-refractivity contribution < 1.29 is 28.0 Å². The molecule has 0 fully saturated rings. The highest BCUT2D eigenvalue weighted by Crippen LogP contribution is 2.49. The maximum Gasteiger partial charge on any atom is 0.511 e. The molecule has 1 atom stereocenters. The molecular weight excluding hydrogens is 319 g/mol. The van der Waals surface area contributed by atoms with Crippen LogP contribution in [-0.4, -0.2) is 19.2 Å². The third-order valence-electron chi connectivity index (χ3n) is 3.09. The summed E-state index contributed by atoms with van der Waals surface area (Å²) in [6.07, 6.45) is 9.15. The minimum absolute atomic E-state index is 0.124. The fraction of sp³-hybridized carbons (Fsp3) is 0.812. The lowest BCUT2D eigenvalue weighted by atomic mass is 10.1. The topological polar surface area (TPSA) is 71.1 Å². The summed E-state index contributed by atoms with van der Waals surface area (Å²) in [4.78, 5) is 15.6. The highest BCUT2D eigenvalue weighted by Gasteiger charge is 2.29. The lowest BCUT2D eigenvalue weighted by Crippen LogP contribution is -2.08. The van der Waals surface area contributed by atoms with Gasteiger partial charge in [-0.15, -0.1) is 0 Å². The molecule has 0 radical (unpaired) electrons. The van der Waals surface area contributed by atoms with Gasteiger partial charge >= 0.3 is 13.8 Å². The molecule has 136 valence electrons. The van der Waals surface area contributed by atoms with Gasteiger partial charge in [-0.05, 0) is 20.3 Å². The van der Waals surface area contributed by atoms with Crippen molar-refractivity contribution in [3.63, 3.8) is 0 Å². The molecule has 0 saturated heterocycles. The predicted octanol–water partition coefficient (Wildman–Crippen LogP) is 5.34. The van der Waals surface area contributed by atoms with Gasteiger partial charge in [-0.2, -0.15) is 0 Å². The van der Waals surface area contributed by atoms with Gasteiger partial charge in [-0.25, -0.2) is 9.36 Å². The molecule has 7 heteroatoms. The van der Waals surface area contributed by atoms with Crippen LogP contribution in [0.5, 0.6) is 0 Å². The lowest BCUT2D eigenvalue weighted by Gasteiger charge is -2.15. The first-order chi connectivity index (χ1) is 10.9. The normalized spacial score (nSPS) is 13.5. The summed E-state index contributed by atoms with van der Waals surface area (Å²) in [6.45, 7) is 9.06. The van der Waals surface area contributed by atoms with Crippen molar-refractivity contribution in [2.45, 2.75) is 72.1 Å². The van der Waals surface area contributed by atoms with Crippen LogP contribution >= 0.6 is 7.82 Å². The maximum atomic E-state index is 12.2. The Kier molecular flexibility index (Phi) is 13.3. The fourth-order valence-corrected chi connectivity index (χ4v) is 2.79. The van der Waals surface area contributed by atoms with E-state index < -0.39 is 13.8 Å². The number of phosphoric ester groups is 1. The average molecular weight is 350 g/mol. The van der Waals surface area contributed by atoms with E-state index in [4.69, 9.17) is 9.05 Å². The zero-order valence-electron chi connectivity index (χ0n) is 14.7. The van der Waals surface area contributed by atoms with Crippen LogP contribution in [-0.2, 0) is 28.0 Å². The molecule has 0 N–H and O–H groups in total. The first kappa shape index (κ1) is 22.3. The molecule has 0 spiro atoms. The predicted molar refractivity (Wildman–Crippen MR) is 89.8 cm³/mol. The monoisotopic (exact) mass is 350 g/mol. The second kappa shape index (κ2) is 13.7. The van der Waals surface area contributed by atoms with E-state index in [9.17, 15) is 9.36 Å². The van der Waals surface area contributed by atoms with Gasteiger partial charge in [-0.1, -0.05) is 63.1 Å². The van der Waals surface area contributed by atoms with Gasteiger partial charge in [0.15, 0.2) is 0 Å². The molecule has 0 aliphatic rings. The van der Waals surface area contributed by atoms with Gasteiger partial charge in [0.25, 0.3) is 0 Å². The number of carbonyl (C=O) groups excluding carboxylic acids is 1. The molecule has 0 aliphatic carbocycles. The van der Waals surface area contributed by atoms with Crippen molar-refractivity contribution in [3.8, 4) is 0 Å². The van der Waals surface area contributed by atoms with E-state index in [-0.39, 0.29) is 18.8 Å². The third kappa shape index (κ3) is 12.4. The van der Waals surface area contributed by atoms with Gasteiger partial charge in [-0.3, -0.25) is 13.9 Å². The van der Waals surface area contributed by atoms with Crippen LogP contribution in [0.3, 0.4) is 0 Å². The Labute approximate surface area is 140 Å². The molecule has 1 unspecified atom stereocenters. The Bertz CT molecular complexity index is 383. The Balaban J connectivity index is 3.88. The summed E-state index contributed by atoms with van der Waals surface area (Å²) in [5, 5.41) is 0. The Morgan fingerprint density at radius 3 is 2.04 bits per heavy atom. The van der Waals surface area contributed by atoms with E-state index in [1.807, 2.05) is 0 Å². The molecule has 6 nitrogen and oxygen atoms in total. The van der Waals surface area contributed by atoms with Crippen molar-refractivity contribution in [2.24, 2.45) is 0 Å². The lowest BCUT2D eigenvalue weighted by molar-refractivity contribution is -0.220. The van der Waals surface area contributed by atoms with Crippen molar-refractivity contribution in [3.05, 3.63) is 12.2 Å². The highest BCUT2D eigenvalue weighted by molar-refractivity contribution is 7.48. The van der Waals surface area contributed by atoms with Gasteiger partial charge in [0.1, 0.15) is 0 Å². The summed E-state index contributed by atoms with van der Waals surface area (Å²) in [7, 11) is -3.87. The average Bonchev–Trinajstić information content (AvgIpc) is 2.51. The van der Waals surface area contributed by atoms with E-state index in [0.717, 1.165) is 19.3 Å². The SMILES string of the molecule is C=C(C)C(=O)OOP(=O)(OCC)OCCCCCCCCCC. The minimum Gasteiger partial charge on any atom is -0.285 e. The minimum atomic E-state index is -3.87. The van der Waals surface area contributed by atoms with E-state index in [1.54, 1.807) is 6.92 Å². The Morgan fingerprint density at radius 1 is 0.957 bits per heavy atom. The number of unbranched alkanes of at least 4 members (excludes halogenated alkanes) is 7. The molecule has 0 heterocycles. The van der Waals surface area contributed by atoms with E-state index >= 15 is 0 Å². The molecule has 0 rings (SSSR count). The van der Waals surface area contributed by atoms with Gasteiger partial charge in [0.2, 0.25) is 0 Å². The molecule has 0 saturated carbocycles. The molecule has 0 aliphatic heterocycles. The van der Waals surface area contributed by atoms with Crippen molar-refractivity contribution in [1.29, 1.82) is 0 Å². The Morgan fingerprint density at radius 2 is 1.52 bits per heavy atom. The highest BCUT2D eigenvalue weighted by atomic mass is 31.2. The standard InChI is InChI=1S/C16H31O6P/c1-5-7-8-9-10-11-12-13-14-20-23(18,19-6-2)22-21-16(17)15(3)4/h3,5-14H2,1-2,4H3. The van der Waals surface area contributed by atoms with Crippen LogP contribution in [0, 0.1) is 0 Å². The van der Waals surface area contributed by atoms with E-state index in [0.29, 0.717) is 0 Å². The summed E-state index contributed by atoms with van der Waals surface area (Å²) < 4.78 is 26.8. The number of carbonyl (C=O) groups is 1. The molecule has 0 aromatic heterocycles. The first-order valence-corrected chi connectivity index (χ1v) is 9.86. The first-order valence-electron chi connectivity index (χ1n) is 8.40. The number of hydrogen-bond acceptors (Lipinski definition) is 6. The zero-order chi connectivity index (χ0) is 17.6. The second-order valence-electron chi connectivity index (χ2n) is 5.40. The van der Waals surface area contributed by atoms with E-state index in [1.165, 1.54) is 39.0 Å². The smallest absolute Gasteiger partial charge is 0.285 e. The van der Waals surface area contributed by atoms with Crippen LogP contribution in [0.2, 0.25) is 0 Å². The molecule has 0 amide bonds. The molecule has 0 aromatic rings. The van der Waals surface area contributed by atoms with Crippen molar-refractivity contribution in [2.75, 3.05) is 13.2 Å². The van der Waals surface area contributed by atoms with Crippen LogP contribution in [0.25, 0.3) is 0 Å².